The number of nitrogens with zero attached hydrogens (tertiary/aromatic N) is 2. The van der Waals surface area contributed by atoms with E-state index >= 15 is 0 Å². The lowest BCUT2D eigenvalue weighted by Gasteiger charge is -2.34. The zero-order valence-electron chi connectivity index (χ0n) is 17.2. The summed E-state index contributed by atoms with van der Waals surface area (Å²) in [4.78, 5) is 28.5. The first-order valence-corrected chi connectivity index (χ1v) is 9.93. The fourth-order valence-corrected chi connectivity index (χ4v) is 3.79. The first-order valence-electron chi connectivity index (χ1n) is 9.93. The first-order chi connectivity index (χ1) is 14.3. The maximum absolute atomic E-state index is 13.5. The van der Waals surface area contributed by atoms with Crippen LogP contribution in [-0.4, -0.2) is 47.9 Å². The molecule has 4 rings (SSSR count). The highest BCUT2D eigenvalue weighted by Gasteiger charge is 2.28. The van der Waals surface area contributed by atoms with Crippen molar-refractivity contribution in [3.8, 4) is 0 Å². The predicted octanol–water partition coefficient (Wildman–Crippen LogP) is 4.01. The molecular formula is C22H24FN3O4. The zero-order valence-corrected chi connectivity index (χ0v) is 17.2. The van der Waals surface area contributed by atoms with Crippen LogP contribution in [0.4, 0.5) is 9.18 Å². The molecule has 3 amide bonds. The summed E-state index contributed by atoms with van der Waals surface area (Å²) in [7, 11) is 0. The van der Waals surface area contributed by atoms with Gasteiger partial charge >= 0.3 is 6.03 Å². The van der Waals surface area contributed by atoms with Crippen molar-refractivity contribution in [3.63, 3.8) is 0 Å². The third-order valence-corrected chi connectivity index (χ3v) is 5.47. The highest BCUT2D eigenvalue weighted by atomic mass is 19.1. The molecule has 1 N–H and O–H groups in total. The number of amides is 3. The third-order valence-electron chi connectivity index (χ3n) is 5.47. The highest BCUT2D eigenvalue weighted by molar-refractivity contribution is 5.91. The quantitative estimate of drug-likeness (QED) is 0.704. The van der Waals surface area contributed by atoms with Gasteiger partial charge in [0, 0.05) is 37.1 Å². The second kappa shape index (κ2) is 7.85. The van der Waals surface area contributed by atoms with Crippen molar-refractivity contribution in [2.45, 2.75) is 26.8 Å². The Hall–Kier alpha value is -3.29. The molecule has 0 aliphatic carbocycles. The van der Waals surface area contributed by atoms with Gasteiger partial charge < -0.3 is 24.0 Å². The van der Waals surface area contributed by atoms with Crippen LogP contribution in [0.5, 0.6) is 0 Å². The molecule has 0 spiro atoms. The van der Waals surface area contributed by atoms with E-state index < -0.39 is 0 Å². The molecule has 1 aliphatic heterocycles. The second-order valence-electron chi connectivity index (χ2n) is 7.59. The molecule has 0 radical (unpaired) electrons. The van der Waals surface area contributed by atoms with E-state index in [1.54, 1.807) is 34.9 Å². The Morgan fingerprint density at radius 3 is 2.40 bits per heavy atom. The minimum atomic E-state index is -0.376. The van der Waals surface area contributed by atoms with Crippen LogP contribution in [0.3, 0.4) is 0 Å². The number of urea groups is 1. The molecule has 30 heavy (non-hydrogen) atoms. The van der Waals surface area contributed by atoms with Gasteiger partial charge in [-0.2, -0.15) is 0 Å². The molecule has 1 atom stereocenters. The Labute approximate surface area is 173 Å². The van der Waals surface area contributed by atoms with Gasteiger partial charge in [-0.1, -0.05) is 0 Å². The SMILES string of the molecule is Cc1ccc(C(=O)N2CCN(C(=O)NC(C)c3oc4ccc(F)cc4c3C)CC2)o1. The summed E-state index contributed by atoms with van der Waals surface area (Å²) in [6.07, 6.45) is 0. The van der Waals surface area contributed by atoms with Crippen molar-refractivity contribution in [3.05, 3.63) is 59.0 Å². The summed E-state index contributed by atoms with van der Waals surface area (Å²) in [6, 6.07) is 7.19. The van der Waals surface area contributed by atoms with Crippen LogP contribution >= 0.6 is 0 Å². The summed E-state index contributed by atoms with van der Waals surface area (Å²) in [5.41, 5.74) is 1.40. The van der Waals surface area contributed by atoms with E-state index in [1.165, 1.54) is 12.1 Å². The maximum atomic E-state index is 13.5. The molecule has 3 aromatic rings. The van der Waals surface area contributed by atoms with Gasteiger partial charge in [0.1, 0.15) is 22.9 Å². The van der Waals surface area contributed by atoms with E-state index in [0.717, 1.165) is 5.56 Å². The number of rotatable bonds is 3. The predicted molar refractivity (Wildman–Crippen MR) is 109 cm³/mol. The number of aryl methyl sites for hydroxylation is 2. The molecule has 8 heteroatoms. The third kappa shape index (κ3) is 3.77. The summed E-state index contributed by atoms with van der Waals surface area (Å²) < 4.78 is 24.8. The van der Waals surface area contributed by atoms with Crippen LogP contribution in [0.1, 0.15) is 40.6 Å². The summed E-state index contributed by atoms with van der Waals surface area (Å²) in [6.45, 7) is 7.19. The Morgan fingerprint density at radius 2 is 1.73 bits per heavy atom. The van der Waals surface area contributed by atoms with Gasteiger partial charge in [-0.15, -0.1) is 0 Å². The van der Waals surface area contributed by atoms with Gasteiger partial charge in [0.15, 0.2) is 5.76 Å². The largest absolute Gasteiger partial charge is 0.459 e. The minimum absolute atomic E-state index is 0.165. The summed E-state index contributed by atoms with van der Waals surface area (Å²) in [5, 5.41) is 3.64. The van der Waals surface area contributed by atoms with E-state index in [9.17, 15) is 14.0 Å². The highest BCUT2D eigenvalue weighted by Crippen LogP contribution is 2.30. The molecule has 7 nitrogen and oxygen atoms in total. The number of halogens is 1. The van der Waals surface area contributed by atoms with Gasteiger partial charge in [-0.3, -0.25) is 4.79 Å². The van der Waals surface area contributed by atoms with Crippen molar-refractivity contribution < 1.29 is 22.8 Å². The van der Waals surface area contributed by atoms with Crippen LogP contribution < -0.4 is 5.32 Å². The average molecular weight is 413 g/mol. The standard InChI is InChI=1S/C22H24FN3O4/c1-13-4-6-19(29-13)21(27)25-8-10-26(11-9-25)22(28)24-15(3)20-14(2)17-12-16(23)5-7-18(17)30-20/h4-7,12,15H,8-11H2,1-3H3,(H,24,28). The van der Waals surface area contributed by atoms with Crippen LogP contribution in [0.15, 0.2) is 39.2 Å². The van der Waals surface area contributed by atoms with Crippen molar-refractivity contribution in [1.82, 2.24) is 15.1 Å². The van der Waals surface area contributed by atoms with E-state index in [-0.39, 0.29) is 23.8 Å². The van der Waals surface area contributed by atoms with E-state index in [0.29, 0.717) is 54.4 Å². The molecule has 3 heterocycles. The minimum Gasteiger partial charge on any atom is -0.459 e. The normalized spacial score (nSPS) is 15.5. The van der Waals surface area contributed by atoms with Crippen molar-refractivity contribution in [2.75, 3.05) is 26.2 Å². The molecule has 158 valence electrons. The first kappa shape index (κ1) is 20.0. The summed E-state index contributed by atoms with van der Waals surface area (Å²) >= 11 is 0. The van der Waals surface area contributed by atoms with Crippen molar-refractivity contribution in [2.24, 2.45) is 0 Å². The van der Waals surface area contributed by atoms with Crippen LogP contribution in [-0.2, 0) is 0 Å². The lowest BCUT2D eigenvalue weighted by atomic mass is 10.1. The van der Waals surface area contributed by atoms with Crippen LogP contribution in [0.25, 0.3) is 11.0 Å². The van der Waals surface area contributed by atoms with Crippen LogP contribution in [0.2, 0.25) is 0 Å². The number of carbonyl (C=O) groups excluding carboxylic acids is 2. The molecule has 1 aromatic carbocycles. The topological polar surface area (TPSA) is 78.9 Å². The van der Waals surface area contributed by atoms with Gasteiger partial charge in [0.2, 0.25) is 0 Å². The number of carbonyl (C=O) groups is 2. The molecule has 0 saturated carbocycles. The molecule has 1 unspecified atom stereocenters. The Kier molecular flexibility index (Phi) is 5.24. The lowest BCUT2D eigenvalue weighted by molar-refractivity contribution is 0.0631. The monoisotopic (exact) mass is 413 g/mol. The second-order valence-corrected chi connectivity index (χ2v) is 7.59. The molecule has 0 bridgehead atoms. The molecule has 1 aliphatic rings. The smallest absolute Gasteiger partial charge is 0.318 e. The number of hydrogen-bond donors (Lipinski definition) is 1. The van der Waals surface area contributed by atoms with E-state index in [2.05, 4.69) is 5.32 Å². The van der Waals surface area contributed by atoms with E-state index in [1.807, 2.05) is 13.8 Å². The molecule has 2 aromatic heterocycles. The number of furan rings is 2. The maximum Gasteiger partial charge on any atom is 0.318 e. The van der Waals surface area contributed by atoms with Gasteiger partial charge in [0.25, 0.3) is 5.91 Å². The van der Waals surface area contributed by atoms with Gasteiger partial charge in [0.05, 0.1) is 6.04 Å². The average Bonchev–Trinajstić information content (AvgIpc) is 3.31. The van der Waals surface area contributed by atoms with Crippen LogP contribution in [0, 0.1) is 19.7 Å². The van der Waals surface area contributed by atoms with E-state index in [4.69, 9.17) is 8.83 Å². The lowest BCUT2D eigenvalue weighted by Crippen LogP contribution is -2.53. The number of hydrogen-bond acceptors (Lipinski definition) is 4. The number of piperazine rings is 1. The van der Waals surface area contributed by atoms with Gasteiger partial charge in [-0.05, 0) is 51.1 Å². The zero-order chi connectivity index (χ0) is 21.4. The van der Waals surface area contributed by atoms with Crippen molar-refractivity contribution >= 4 is 22.9 Å². The number of fused-ring (bicyclic) bond motifs is 1. The fraction of sp³-hybridized carbons (Fsp3) is 0.364. The number of nitrogens with one attached hydrogen (secondary N) is 1. The fourth-order valence-electron chi connectivity index (χ4n) is 3.79. The molecule has 1 fully saturated rings. The Bertz CT molecular complexity index is 1100. The summed E-state index contributed by atoms with van der Waals surface area (Å²) in [5.74, 6) is 1.11. The number of benzene rings is 1. The molecular weight excluding hydrogens is 389 g/mol. The van der Waals surface area contributed by atoms with Crippen molar-refractivity contribution in [1.29, 1.82) is 0 Å². The van der Waals surface area contributed by atoms with Gasteiger partial charge in [-0.25, -0.2) is 9.18 Å². The molecule has 1 saturated heterocycles. The Morgan fingerprint density at radius 1 is 1.03 bits per heavy atom. The Balaban J connectivity index is 1.37.